The number of pyridine rings is 1. The van der Waals surface area contributed by atoms with Crippen LogP contribution in [0, 0.1) is 0 Å². The Hall–Kier alpha value is -1.09. The first-order valence-corrected chi connectivity index (χ1v) is 6.30. The molecular weight excluding hydrogens is 198 g/mol. The molecule has 2 heterocycles. The molecule has 1 aliphatic rings. The summed E-state index contributed by atoms with van der Waals surface area (Å²) in [6.45, 7) is 6.61. The van der Waals surface area contributed by atoms with Gasteiger partial charge in [0, 0.05) is 25.8 Å². The number of anilines is 1. The maximum Gasteiger partial charge on any atom is 0.0598 e. The summed E-state index contributed by atoms with van der Waals surface area (Å²) in [5, 5.41) is 3.46. The number of aromatic nitrogens is 1. The minimum absolute atomic E-state index is 0.961. The van der Waals surface area contributed by atoms with Crippen LogP contribution in [-0.2, 0) is 6.54 Å². The molecule has 0 aliphatic carbocycles. The second-order valence-corrected chi connectivity index (χ2v) is 4.38. The molecule has 0 saturated carbocycles. The van der Waals surface area contributed by atoms with E-state index < -0.39 is 0 Å². The van der Waals surface area contributed by atoms with Gasteiger partial charge in [-0.05, 0) is 37.4 Å². The lowest BCUT2D eigenvalue weighted by Gasteiger charge is -2.20. The van der Waals surface area contributed by atoms with Crippen molar-refractivity contribution in [2.75, 3.05) is 24.5 Å². The monoisotopic (exact) mass is 219 g/mol. The van der Waals surface area contributed by atoms with Crippen LogP contribution in [0.4, 0.5) is 5.69 Å². The highest BCUT2D eigenvalue weighted by Gasteiger charge is 2.15. The predicted molar refractivity (Wildman–Crippen MR) is 67.7 cm³/mol. The van der Waals surface area contributed by atoms with Crippen molar-refractivity contribution in [3.05, 3.63) is 24.0 Å². The molecule has 1 saturated heterocycles. The highest BCUT2D eigenvalue weighted by Crippen LogP contribution is 2.23. The van der Waals surface area contributed by atoms with E-state index in [9.17, 15) is 0 Å². The van der Waals surface area contributed by atoms with Gasteiger partial charge in [-0.2, -0.15) is 0 Å². The zero-order valence-corrected chi connectivity index (χ0v) is 10.1. The van der Waals surface area contributed by atoms with Crippen LogP contribution in [-0.4, -0.2) is 24.6 Å². The SMILES string of the molecule is CCCNCc1ccncc1N1CCCC1. The van der Waals surface area contributed by atoms with Crippen molar-refractivity contribution in [1.29, 1.82) is 0 Å². The lowest BCUT2D eigenvalue weighted by atomic mass is 10.2. The predicted octanol–water partition coefficient (Wildman–Crippen LogP) is 2.18. The van der Waals surface area contributed by atoms with Crippen LogP contribution < -0.4 is 10.2 Å². The smallest absolute Gasteiger partial charge is 0.0598 e. The summed E-state index contributed by atoms with van der Waals surface area (Å²) in [6, 6.07) is 2.14. The van der Waals surface area contributed by atoms with E-state index in [2.05, 4.69) is 28.2 Å². The van der Waals surface area contributed by atoms with Crippen LogP contribution in [0.15, 0.2) is 18.5 Å². The van der Waals surface area contributed by atoms with Crippen LogP contribution in [0.2, 0.25) is 0 Å². The molecule has 1 aromatic rings. The van der Waals surface area contributed by atoms with Crippen LogP contribution in [0.1, 0.15) is 31.7 Å². The first kappa shape index (κ1) is 11.4. The molecule has 1 aliphatic heterocycles. The van der Waals surface area contributed by atoms with E-state index in [0.29, 0.717) is 0 Å². The molecule has 2 rings (SSSR count). The van der Waals surface area contributed by atoms with Gasteiger partial charge in [-0.1, -0.05) is 6.92 Å². The minimum atomic E-state index is 0.961. The Morgan fingerprint density at radius 1 is 1.38 bits per heavy atom. The Bertz CT molecular complexity index is 319. The van der Waals surface area contributed by atoms with Crippen LogP contribution >= 0.6 is 0 Å². The third-order valence-corrected chi connectivity index (χ3v) is 3.08. The van der Waals surface area contributed by atoms with Crippen LogP contribution in [0.3, 0.4) is 0 Å². The quantitative estimate of drug-likeness (QED) is 0.769. The molecule has 0 unspecified atom stereocenters. The minimum Gasteiger partial charge on any atom is -0.370 e. The van der Waals surface area contributed by atoms with E-state index >= 15 is 0 Å². The number of hydrogen-bond acceptors (Lipinski definition) is 3. The second kappa shape index (κ2) is 5.85. The zero-order chi connectivity index (χ0) is 11.2. The normalized spacial score (nSPS) is 15.7. The Morgan fingerprint density at radius 3 is 2.94 bits per heavy atom. The lowest BCUT2D eigenvalue weighted by Crippen LogP contribution is -2.22. The van der Waals surface area contributed by atoms with E-state index in [1.807, 2.05) is 12.4 Å². The topological polar surface area (TPSA) is 28.2 Å². The van der Waals surface area contributed by atoms with Gasteiger partial charge in [0.05, 0.1) is 11.9 Å². The molecule has 0 spiro atoms. The van der Waals surface area contributed by atoms with Gasteiger partial charge in [-0.15, -0.1) is 0 Å². The third kappa shape index (κ3) is 2.73. The Kier molecular flexibility index (Phi) is 4.17. The van der Waals surface area contributed by atoms with E-state index in [1.165, 1.54) is 43.6 Å². The van der Waals surface area contributed by atoms with Crippen LogP contribution in [0.5, 0.6) is 0 Å². The fourth-order valence-corrected chi connectivity index (χ4v) is 2.21. The first-order chi connectivity index (χ1) is 7.92. The Morgan fingerprint density at radius 2 is 2.19 bits per heavy atom. The standard InChI is InChI=1S/C13H21N3/c1-2-6-14-10-12-5-7-15-11-13(12)16-8-3-4-9-16/h5,7,11,14H,2-4,6,8-10H2,1H3. The van der Waals surface area contributed by atoms with Gasteiger partial charge >= 0.3 is 0 Å². The van der Waals surface area contributed by atoms with Crippen molar-refractivity contribution >= 4 is 5.69 Å². The summed E-state index contributed by atoms with van der Waals surface area (Å²) >= 11 is 0. The van der Waals surface area contributed by atoms with E-state index in [0.717, 1.165) is 13.1 Å². The van der Waals surface area contributed by atoms with Crippen molar-refractivity contribution < 1.29 is 0 Å². The molecule has 0 radical (unpaired) electrons. The molecule has 3 nitrogen and oxygen atoms in total. The van der Waals surface area contributed by atoms with Crippen molar-refractivity contribution in [3.63, 3.8) is 0 Å². The molecule has 0 amide bonds. The number of hydrogen-bond donors (Lipinski definition) is 1. The summed E-state index contributed by atoms with van der Waals surface area (Å²) in [6.07, 6.45) is 7.72. The van der Waals surface area contributed by atoms with E-state index in [4.69, 9.17) is 0 Å². The molecule has 16 heavy (non-hydrogen) atoms. The Balaban J connectivity index is 2.04. The summed E-state index contributed by atoms with van der Waals surface area (Å²) in [7, 11) is 0. The number of nitrogens with one attached hydrogen (secondary N) is 1. The van der Waals surface area contributed by atoms with Crippen molar-refractivity contribution in [3.8, 4) is 0 Å². The maximum absolute atomic E-state index is 4.25. The van der Waals surface area contributed by atoms with E-state index in [-0.39, 0.29) is 0 Å². The molecule has 3 heteroatoms. The van der Waals surface area contributed by atoms with Gasteiger partial charge in [-0.25, -0.2) is 0 Å². The fraction of sp³-hybridized carbons (Fsp3) is 0.615. The lowest BCUT2D eigenvalue weighted by molar-refractivity contribution is 0.673. The number of nitrogens with zero attached hydrogens (tertiary/aromatic N) is 2. The first-order valence-electron chi connectivity index (χ1n) is 6.30. The van der Waals surface area contributed by atoms with Gasteiger partial charge in [0.1, 0.15) is 0 Å². The molecule has 0 atom stereocenters. The van der Waals surface area contributed by atoms with Gasteiger partial charge in [-0.3, -0.25) is 4.98 Å². The van der Waals surface area contributed by atoms with Crippen molar-refractivity contribution in [2.24, 2.45) is 0 Å². The summed E-state index contributed by atoms with van der Waals surface area (Å²) in [4.78, 5) is 6.70. The van der Waals surface area contributed by atoms with E-state index in [1.54, 1.807) is 0 Å². The van der Waals surface area contributed by atoms with Gasteiger partial charge in [0.15, 0.2) is 0 Å². The summed E-state index contributed by atoms with van der Waals surface area (Å²) in [5.41, 5.74) is 2.70. The van der Waals surface area contributed by atoms with Gasteiger partial charge < -0.3 is 10.2 Å². The molecule has 0 aromatic carbocycles. The fourth-order valence-electron chi connectivity index (χ4n) is 2.21. The average molecular weight is 219 g/mol. The van der Waals surface area contributed by atoms with Crippen LogP contribution in [0.25, 0.3) is 0 Å². The average Bonchev–Trinajstić information content (AvgIpc) is 2.83. The second-order valence-electron chi connectivity index (χ2n) is 4.38. The molecule has 0 bridgehead atoms. The largest absolute Gasteiger partial charge is 0.370 e. The highest BCUT2D eigenvalue weighted by atomic mass is 15.2. The summed E-state index contributed by atoms with van der Waals surface area (Å²) in [5.74, 6) is 0. The highest BCUT2D eigenvalue weighted by molar-refractivity contribution is 5.52. The van der Waals surface area contributed by atoms with Crippen molar-refractivity contribution in [2.45, 2.75) is 32.7 Å². The number of rotatable bonds is 5. The van der Waals surface area contributed by atoms with Gasteiger partial charge in [0.25, 0.3) is 0 Å². The molecule has 1 fully saturated rings. The van der Waals surface area contributed by atoms with Crippen molar-refractivity contribution in [1.82, 2.24) is 10.3 Å². The third-order valence-electron chi connectivity index (χ3n) is 3.08. The molecule has 88 valence electrons. The molecular formula is C13H21N3. The summed E-state index contributed by atoms with van der Waals surface area (Å²) < 4.78 is 0. The molecule has 1 N–H and O–H groups in total. The molecule has 1 aromatic heterocycles. The Labute approximate surface area is 97.9 Å². The zero-order valence-electron chi connectivity index (χ0n) is 10.1. The van der Waals surface area contributed by atoms with Gasteiger partial charge in [0.2, 0.25) is 0 Å². The maximum atomic E-state index is 4.25.